The van der Waals surface area contributed by atoms with Crippen LogP contribution in [-0.2, 0) is 15.0 Å². The SMILES string of the molecule is CC1(c2ccccn2)CC(=O)CC(=O)C1. The van der Waals surface area contributed by atoms with Crippen LogP contribution in [0.3, 0.4) is 0 Å². The lowest BCUT2D eigenvalue weighted by Crippen LogP contribution is -2.35. The van der Waals surface area contributed by atoms with Crippen LogP contribution in [0.5, 0.6) is 0 Å². The van der Waals surface area contributed by atoms with Gasteiger partial charge in [0, 0.05) is 30.1 Å². The summed E-state index contributed by atoms with van der Waals surface area (Å²) in [5, 5.41) is 0. The lowest BCUT2D eigenvalue weighted by molar-refractivity contribution is -0.131. The fourth-order valence-electron chi connectivity index (χ4n) is 2.18. The minimum atomic E-state index is -0.395. The minimum Gasteiger partial charge on any atom is -0.299 e. The zero-order valence-electron chi connectivity index (χ0n) is 8.69. The van der Waals surface area contributed by atoms with Gasteiger partial charge >= 0.3 is 0 Å². The van der Waals surface area contributed by atoms with Gasteiger partial charge in [0.15, 0.2) is 0 Å². The summed E-state index contributed by atoms with van der Waals surface area (Å²) in [6.07, 6.45) is 2.65. The summed E-state index contributed by atoms with van der Waals surface area (Å²) in [6.45, 7) is 1.93. The molecule has 2 rings (SSSR count). The van der Waals surface area contributed by atoms with Crippen molar-refractivity contribution in [1.29, 1.82) is 0 Å². The number of carbonyl (C=O) groups is 2. The number of ketones is 2. The Morgan fingerprint density at radius 1 is 1.20 bits per heavy atom. The van der Waals surface area contributed by atoms with Crippen LogP contribution < -0.4 is 0 Å². The van der Waals surface area contributed by atoms with Crippen molar-refractivity contribution in [2.24, 2.45) is 0 Å². The van der Waals surface area contributed by atoms with E-state index in [9.17, 15) is 9.59 Å². The fraction of sp³-hybridized carbons (Fsp3) is 0.417. The molecule has 78 valence electrons. The van der Waals surface area contributed by atoms with Crippen LogP contribution in [0.25, 0.3) is 0 Å². The van der Waals surface area contributed by atoms with E-state index < -0.39 is 5.41 Å². The van der Waals surface area contributed by atoms with Crippen molar-refractivity contribution in [3.05, 3.63) is 30.1 Å². The van der Waals surface area contributed by atoms with E-state index >= 15 is 0 Å². The van der Waals surface area contributed by atoms with Crippen LogP contribution in [0.15, 0.2) is 24.4 Å². The van der Waals surface area contributed by atoms with E-state index in [1.54, 1.807) is 6.20 Å². The van der Waals surface area contributed by atoms with Crippen molar-refractivity contribution in [2.75, 3.05) is 0 Å². The van der Waals surface area contributed by atoms with Gasteiger partial charge in [0.2, 0.25) is 0 Å². The lowest BCUT2D eigenvalue weighted by atomic mass is 9.72. The molecule has 1 aromatic rings. The van der Waals surface area contributed by atoms with Crippen LogP contribution >= 0.6 is 0 Å². The van der Waals surface area contributed by atoms with Crippen molar-refractivity contribution in [2.45, 2.75) is 31.6 Å². The van der Waals surface area contributed by atoms with Crippen molar-refractivity contribution in [1.82, 2.24) is 4.98 Å². The highest BCUT2D eigenvalue weighted by molar-refractivity contribution is 6.02. The maximum atomic E-state index is 11.4. The normalized spacial score (nSPS) is 20.3. The first-order chi connectivity index (χ1) is 7.10. The summed E-state index contributed by atoms with van der Waals surface area (Å²) in [4.78, 5) is 27.1. The standard InChI is InChI=1S/C12H13NO2/c1-12(11-4-2-3-5-13-11)7-9(14)6-10(15)8-12/h2-5H,6-8H2,1H3. The molecular formula is C12H13NO2. The lowest BCUT2D eigenvalue weighted by Gasteiger charge is -2.31. The van der Waals surface area contributed by atoms with Gasteiger partial charge in [-0.05, 0) is 12.1 Å². The first kappa shape index (κ1) is 10.0. The van der Waals surface area contributed by atoms with E-state index in [-0.39, 0.29) is 18.0 Å². The molecule has 0 aromatic carbocycles. The first-order valence-electron chi connectivity index (χ1n) is 5.05. The topological polar surface area (TPSA) is 47.0 Å². The van der Waals surface area contributed by atoms with E-state index in [2.05, 4.69) is 4.98 Å². The van der Waals surface area contributed by atoms with E-state index in [4.69, 9.17) is 0 Å². The Morgan fingerprint density at radius 3 is 2.40 bits per heavy atom. The Hall–Kier alpha value is -1.51. The summed E-state index contributed by atoms with van der Waals surface area (Å²) in [5.41, 5.74) is 0.444. The molecule has 0 unspecified atom stereocenters. The monoisotopic (exact) mass is 203 g/mol. The highest BCUT2D eigenvalue weighted by Gasteiger charge is 2.37. The Morgan fingerprint density at radius 2 is 1.87 bits per heavy atom. The fourth-order valence-corrected chi connectivity index (χ4v) is 2.18. The van der Waals surface area contributed by atoms with Gasteiger partial charge in [0.25, 0.3) is 0 Å². The van der Waals surface area contributed by atoms with Gasteiger partial charge < -0.3 is 0 Å². The molecule has 0 N–H and O–H groups in total. The zero-order valence-corrected chi connectivity index (χ0v) is 8.69. The summed E-state index contributed by atoms with van der Waals surface area (Å²) < 4.78 is 0. The molecular weight excluding hydrogens is 190 g/mol. The summed E-state index contributed by atoms with van der Waals surface area (Å²) in [5.74, 6) is 0.0545. The summed E-state index contributed by atoms with van der Waals surface area (Å²) in [6, 6.07) is 5.60. The van der Waals surface area contributed by atoms with Crippen molar-refractivity contribution in [3.8, 4) is 0 Å². The highest BCUT2D eigenvalue weighted by Crippen LogP contribution is 2.34. The largest absolute Gasteiger partial charge is 0.299 e. The molecule has 1 aromatic heterocycles. The van der Waals surface area contributed by atoms with Crippen LogP contribution in [-0.4, -0.2) is 16.6 Å². The van der Waals surface area contributed by atoms with Crippen LogP contribution in [0.1, 0.15) is 31.9 Å². The Balaban J connectivity index is 2.34. The van der Waals surface area contributed by atoms with E-state index in [0.717, 1.165) is 5.69 Å². The quantitative estimate of drug-likeness (QED) is 0.652. The Kier molecular flexibility index (Phi) is 2.39. The first-order valence-corrected chi connectivity index (χ1v) is 5.05. The van der Waals surface area contributed by atoms with Gasteiger partial charge in [-0.15, -0.1) is 0 Å². The van der Waals surface area contributed by atoms with E-state index in [1.807, 2.05) is 25.1 Å². The number of hydrogen-bond donors (Lipinski definition) is 0. The third kappa shape index (κ3) is 1.96. The molecule has 3 nitrogen and oxygen atoms in total. The molecule has 1 aliphatic rings. The number of nitrogens with zero attached hydrogens (tertiary/aromatic N) is 1. The second kappa shape index (κ2) is 3.57. The molecule has 0 bridgehead atoms. The average Bonchev–Trinajstić information content (AvgIpc) is 2.17. The second-order valence-electron chi connectivity index (χ2n) is 4.38. The molecule has 0 radical (unpaired) electrons. The highest BCUT2D eigenvalue weighted by atomic mass is 16.1. The number of Topliss-reactive ketones (excluding diaryl/α,β-unsaturated/α-hetero) is 2. The van der Waals surface area contributed by atoms with Crippen molar-refractivity contribution >= 4 is 11.6 Å². The molecule has 1 fully saturated rings. The molecule has 15 heavy (non-hydrogen) atoms. The molecule has 0 aliphatic heterocycles. The van der Waals surface area contributed by atoms with Gasteiger partial charge in [-0.3, -0.25) is 14.6 Å². The van der Waals surface area contributed by atoms with Gasteiger partial charge in [-0.25, -0.2) is 0 Å². The van der Waals surface area contributed by atoms with Crippen LogP contribution in [0.2, 0.25) is 0 Å². The number of hydrogen-bond acceptors (Lipinski definition) is 3. The predicted molar refractivity (Wildman–Crippen MR) is 55.5 cm³/mol. The van der Waals surface area contributed by atoms with Crippen molar-refractivity contribution in [3.63, 3.8) is 0 Å². The Labute approximate surface area is 88.5 Å². The molecule has 1 aliphatic carbocycles. The number of aromatic nitrogens is 1. The van der Waals surface area contributed by atoms with Crippen molar-refractivity contribution < 1.29 is 9.59 Å². The molecule has 1 saturated carbocycles. The zero-order chi connectivity index (χ0) is 10.9. The summed E-state index contributed by atoms with van der Waals surface area (Å²) in [7, 11) is 0. The van der Waals surface area contributed by atoms with E-state index in [1.165, 1.54) is 0 Å². The maximum absolute atomic E-state index is 11.4. The average molecular weight is 203 g/mol. The van der Waals surface area contributed by atoms with E-state index in [0.29, 0.717) is 12.8 Å². The molecule has 3 heteroatoms. The van der Waals surface area contributed by atoms with Gasteiger partial charge in [-0.1, -0.05) is 13.0 Å². The molecule has 0 atom stereocenters. The number of pyridine rings is 1. The third-order valence-electron chi connectivity index (χ3n) is 2.85. The predicted octanol–water partition coefficient (Wildman–Crippen LogP) is 1.66. The second-order valence-corrected chi connectivity index (χ2v) is 4.38. The third-order valence-corrected chi connectivity index (χ3v) is 2.85. The molecule has 0 spiro atoms. The molecule has 0 saturated heterocycles. The minimum absolute atomic E-state index is 0.0272. The van der Waals surface area contributed by atoms with Gasteiger partial charge in [0.1, 0.15) is 11.6 Å². The number of rotatable bonds is 1. The maximum Gasteiger partial charge on any atom is 0.141 e. The number of carbonyl (C=O) groups excluding carboxylic acids is 2. The van der Waals surface area contributed by atoms with Crippen LogP contribution in [0.4, 0.5) is 0 Å². The Bertz CT molecular complexity index is 381. The smallest absolute Gasteiger partial charge is 0.141 e. The summed E-state index contributed by atoms with van der Waals surface area (Å²) >= 11 is 0. The van der Waals surface area contributed by atoms with Gasteiger partial charge in [0.05, 0.1) is 6.42 Å². The van der Waals surface area contributed by atoms with Crippen LogP contribution in [0, 0.1) is 0 Å². The molecule has 0 amide bonds. The van der Waals surface area contributed by atoms with Gasteiger partial charge in [-0.2, -0.15) is 0 Å². The molecule has 1 heterocycles.